The summed E-state index contributed by atoms with van der Waals surface area (Å²) in [6.45, 7) is 4.68. The van der Waals surface area contributed by atoms with Crippen LogP contribution in [0.25, 0.3) is 0 Å². The number of phosphoric ester groups is 1. The van der Waals surface area contributed by atoms with Crippen LogP contribution in [0.5, 0.6) is 0 Å². The van der Waals surface area contributed by atoms with Crippen LogP contribution in [0.1, 0.15) is 39.5 Å². The fourth-order valence-corrected chi connectivity index (χ4v) is 3.83. The van der Waals surface area contributed by atoms with Gasteiger partial charge in [0.05, 0.1) is 18.8 Å². The SMILES string of the molecule is CC(C#N)CC1CCC(C)C(OP(=O)(O)OCCN(C)C)C1. The van der Waals surface area contributed by atoms with E-state index in [0.717, 1.165) is 25.7 Å². The van der Waals surface area contributed by atoms with E-state index in [2.05, 4.69) is 6.07 Å². The van der Waals surface area contributed by atoms with Crippen molar-refractivity contribution in [3.8, 4) is 6.07 Å². The largest absolute Gasteiger partial charge is 0.472 e. The summed E-state index contributed by atoms with van der Waals surface area (Å²) in [5.41, 5.74) is 0. The Bertz CT molecular complexity index is 424. The predicted molar refractivity (Wildman–Crippen MR) is 85.1 cm³/mol. The van der Waals surface area contributed by atoms with Crippen LogP contribution in [-0.4, -0.2) is 43.1 Å². The molecule has 1 saturated carbocycles. The molecule has 0 aromatic carbocycles. The predicted octanol–water partition coefficient (Wildman–Crippen LogP) is 3.04. The van der Waals surface area contributed by atoms with Gasteiger partial charge < -0.3 is 9.79 Å². The molecule has 0 aromatic rings. The lowest BCUT2D eigenvalue weighted by atomic mass is 9.77. The minimum absolute atomic E-state index is 0.0105. The Hall–Kier alpha value is -0.440. The standard InChI is InChI=1S/C15H29N2O4P/c1-12(11-16)9-14-6-5-13(2)15(10-14)21-22(18,19)20-8-7-17(3)4/h12-15H,5-10H2,1-4H3,(H,18,19). The average molecular weight is 332 g/mol. The van der Waals surface area contributed by atoms with Crippen LogP contribution in [0.4, 0.5) is 0 Å². The summed E-state index contributed by atoms with van der Waals surface area (Å²) in [5.74, 6) is 0.612. The molecule has 0 aliphatic heterocycles. The maximum atomic E-state index is 12.0. The third-order valence-corrected chi connectivity index (χ3v) is 5.25. The van der Waals surface area contributed by atoms with E-state index in [0.29, 0.717) is 12.5 Å². The zero-order chi connectivity index (χ0) is 16.8. The maximum absolute atomic E-state index is 12.0. The lowest BCUT2D eigenvalue weighted by molar-refractivity contribution is 0.0302. The molecule has 1 aliphatic carbocycles. The van der Waals surface area contributed by atoms with Crippen molar-refractivity contribution >= 4 is 7.82 Å². The van der Waals surface area contributed by atoms with Crippen LogP contribution >= 0.6 is 7.82 Å². The van der Waals surface area contributed by atoms with Gasteiger partial charge in [0.25, 0.3) is 0 Å². The van der Waals surface area contributed by atoms with E-state index in [1.807, 2.05) is 32.8 Å². The van der Waals surface area contributed by atoms with E-state index >= 15 is 0 Å². The van der Waals surface area contributed by atoms with Crippen molar-refractivity contribution < 1.29 is 18.5 Å². The lowest BCUT2D eigenvalue weighted by Gasteiger charge is -2.35. The summed E-state index contributed by atoms with van der Waals surface area (Å²) in [6.07, 6.45) is 3.25. The Morgan fingerprint density at radius 1 is 1.45 bits per heavy atom. The minimum Gasteiger partial charge on any atom is -0.307 e. The third kappa shape index (κ3) is 7.21. The fraction of sp³-hybridized carbons (Fsp3) is 0.933. The first-order chi connectivity index (χ1) is 10.2. The highest BCUT2D eigenvalue weighted by Gasteiger charge is 2.35. The second kappa shape index (κ2) is 9.00. The van der Waals surface area contributed by atoms with Crippen LogP contribution in [0.2, 0.25) is 0 Å². The molecule has 22 heavy (non-hydrogen) atoms. The van der Waals surface area contributed by atoms with E-state index in [1.165, 1.54) is 0 Å². The van der Waals surface area contributed by atoms with Crippen molar-refractivity contribution in [3.05, 3.63) is 0 Å². The zero-order valence-electron chi connectivity index (χ0n) is 14.1. The summed E-state index contributed by atoms with van der Waals surface area (Å²) in [6, 6.07) is 2.25. The number of phosphoric acid groups is 1. The topological polar surface area (TPSA) is 82.8 Å². The third-order valence-electron chi connectivity index (χ3n) is 4.20. The highest BCUT2D eigenvalue weighted by Crippen LogP contribution is 2.48. The second-order valence-electron chi connectivity index (χ2n) is 6.67. The molecule has 1 aliphatic rings. The Balaban J connectivity index is 2.50. The van der Waals surface area contributed by atoms with Gasteiger partial charge in [0, 0.05) is 12.5 Å². The summed E-state index contributed by atoms with van der Waals surface area (Å²) in [5, 5.41) is 8.92. The summed E-state index contributed by atoms with van der Waals surface area (Å²) in [4.78, 5) is 11.7. The van der Waals surface area contributed by atoms with Crippen molar-refractivity contribution in [2.45, 2.75) is 45.6 Å². The van der Waals surface area contributed by atoms with Gasteiger partial charge in [-0.05, 0) is 58.5 Å². The van der Waals surface area contributed by atoms with Gasteiger partial charge in [-0.25, -0.2) is 4.57 Å². The minimum atomic E-state index is -4.01. The number of rotatable bonds is 8. The van der Waals surface area contributed by atoms with Gasteiger partial charge in [-0.15, -0.1) is 0 Å². The van der Waals surface area contributed by atoms with Crippen LogP contribution in [-0.2, 0) is 13.6 Å². The van der Waals surface area contributed by atoms with Crippen LogP contribution in [0.15, 0.2) is 0 Å². The number of nitriles is 1. The number of nitrogens with zero attached hydrogens (tertiary/aromatic N) is 2. The van der Waals surface area contributed by atoms with Crippen molar-refractivity contribution in [2.24, 2.45) is 17.8 Å². The Morgan fingerprint density at radius 3 is 2.73 bits per heavy atom. The number of hydrogen-bond acceptors (Lipinski definition) is 5. The molecule has 0 saturated heterocycles. The highest BCUT2D eigenvalue weighted by atomic mass is 31.2. The van der Waals surface area contributed by atoms with Gasteiger partial charge in [-0.3, -0.25) is 9.05 Å². The van der Waals surface area contributed by atoms with Gasteiger partial charge in [0.2, 0.25) is 0 Å². The zero-order valence-corrected chi connectivity index (χ0v) is 15.0. The number of likely N-dealkylation sites (N-methyl/N-ethyl adjacent to an activating group) is 1. The quantitative estimate of drug-likeness (QED) is 0.688. The first kappa shape index (κ1) is 19.6. The molecule has 1 rings (SSSR count). The molecule has 0 spiro atoms. The van der Waals surface area contributed by atoms with Crippen LogP contribution < -0.4 is 0 Å². The molecule has 0 amide bonds. The first-order valence-electron chi connectivity index (χ1n) is 7.93. The molecular formula is C15H29N2O4P. The summed E-state index contributed by atoms with van der Waals surface area (Å²) in [7, 11) is -0.270. The normalized spacial score (nSPS) is 29.8. The fourth-order valence-electron chi connectivity index (χ4n) is 2.82. The Morgan fingerprint density at radius 2 is 2.14 bits per heavy atom. The highest BCUT2D eigenvalue weighted by molar-refractivity contribution is 7.47. The Kier molecular flexibility index (Phi) is 8.02. The van der Waals surface area contributed by atoms with Gasteiger partial charge in [0.1, 0.15) is 0 Å². The second-order valence-corrected chi connectivity index (χ2v) is 8.08. The smallest absolute Gasteiger partial charge is 0.307 e. The molecule has 0 radical (unpaired) electrons. The van der Waals surface area contributed by atoms with Gasteiger partial charge in [0.15, 0.2) is 0 Å². The van der Waals surface area contributed by atoms with Crippen molar-refractivity contribution in [2.75, 3.05) is 27.2 Å². The van der Waals surface area contributed by atoms with E-state index in [4.69, 9.17) is 14.3 Å². The van der Waals surface area contributed by atoms with Gasteiger partial charge in [-0.2, -0.15) is 5.26 Å². The van der Waals surface area contributed by atoms with Crippen molar-refractivity contribution in [1.29, 1.82) is 5.26 Å². The summed E-state index contributed by atoms with van der Waals surface area (Å²) < 4.78 is 22.5. The molecule has 5 unspecified atom stereocenters. The molecule has 5 atom stereocenters. The molecule has 0 heterocycles. The molecule has 6 nitrogen and oxygen atoms in total. The van der Waals surface area contributed by atoms with Crippen molar-refractivity contribution in [3.63, 3.8) is 0 Å². The molecule has 1 fully saturated rings. The molecule has 7 heteroatoms. The van der Waals surface area contributed by atoms with E-state index in [-0.39, 0.29) is 24.5 Å². The van der Waals surface area contributed by atoms with Crippen molar-refractivity contribution in [1.82, 2.24) is 4.90 Å². The molecule has 0 aromatic heterocycles. The summed E-state index contributed by atoms with van der Waals surface area (Å²) >= 11 is 0. The average Bonchev–Trinajstić information content (AvgIpc) is 2.41. The molecule has 0 bridgehead atoms. The molecular weight excluding hydrogens is 303 g/mol. The lowest BCUT2D eigenvalue weighted by Crippen LogP contribution is -2.30. The first-order valence-corrected chi connectivity index (χ1v) is 9.43. The van der Waals surface area contributed by atoms with Crippen LogP contribution in [0.3, 0.4) is 0 Å². The van der Waals surface area contributed by atoms with Gasteiger partial charge >= 0.3 is 7.82 Å². The van der Waals surface area contributed by atoms with E-state index in [1.54, 1.807) is 0 Å². The van der Waals surface area contributed by atoms with Gasteiger partial charge in [-0.1, -0.05) is 6.92 Å². The van der Waals surface area contributed by atoms with E-state index < -0.39 is 7.82 Å². The Labute approximate surface area is 134 Å². The monoisotopic (exact) mass is 332 g/mol. The van der Waals surface area contributed by atoms with Crippen LogP contribution in [0, 0.1) is 29.1 Å². The molecule has 128 valence electrons. The number of hydrogen-bond donors (Lipinski definition) is 1. The van der Waals surface area contributed by atoms with E-state index in [9.17, 15) is 9.46 Å². The molecule has 1 N–H and O–H groups in total. The maximum Gasteiger partial charge on any atom is 0.472 e.